The molecule has 0 spiro atoms. The predicted molar refractivity (Wildman–Crippen MR) is 71.4 cm³/mol. The van der Waals surface area contributed by atoms with Crippen LogP contribution in [0.3, 0.4) is 0 Å². The Morgan fingerprint density at radius 3 is 2.76 bits per heavy atom. The van der Waals surface area contributed by atoms with Gasteiger partial charge in [0.25, 0.3) is 0 Å². The van der Waals surface area contributed by atoms with E-state index in [0.717, 1.165) is 22.7 Å². The summed E-state index contributed by atoms with van der Waals surface area (Å²) in [5, 5.41) is 1.02. The van der Waals surface area contributed by atoms with Gasteiger partial charge >= 0.3 is 0 Å². The van der Waals surface area contributed by atoms with Gasteiger partial charge < -0.3 is 0 Å². The van der Waals surface area contributed by atoms with Gasteiger partial charge in [-0.05, 0) is 44.0 Å². The van der Waals surface area contributed by atoms with Gasteiger partial charge in [0.2, 0.25) is 0 Å². The highest BCUT2D eigenvalue weighted by atomic mass is 35.5. The van der Waals surface area contributed by atoms with E-state index in [2.05, 4.69) is 4.98 Å². The summed E-state index contributed by atoms with van der Waals surface area (Å²) in [5.74, 6) is 0.397. The highest BCUT2D eigenvalue weighted by Gasteiger charge is 2.11. The number of rotatable bonds is 3. The molecule has 0 aliphatic rings. The van der Waals surface area contributed by atoms with Crippen molar-refractivity contribution in [1.82, 2.24) is 4.98 Å². The molecule has 0 fully saturated rings. The van der Waals surface area contributed by atoms with E-state index in [4.69, 9.17) is 11.6 Å². The molecule has 1 nitrogen and oxygen atoms in total. The van der Waals surface area contributed by atoms with Crippen molar-refractivity contribution in [3.8, 4) is 11.3 Å². The Kier molecular flexibility index (Phi) is 3.79. The normalized spacial score (nSPS) is 10.8. The molecule has 1 aromatic heterocycles. The fraction of sp³-hybridized carbons (Fsp3) is 0.308. The smallest absolute Gasteiger partial charge is 0.126 e. The lowest BCUT2D eigenvalue weighted by molar-refractivity contribution is 0.619. The van der Waals surface area contributed by atoms with Crippen LogP contribution < -0.4 is 0 Å². The number of aryl methyl sites for hydroxylation is 3. The van der Waals surface area contributed by atoms with Gasteiger partial charge in [0.15, 0.2) is 0 Å². The van der Waals surface area contributed by atoms with Crippen molar-refractivity contribution in [2.24, 2.45) is 0 Å². The molecule has 1 heterocycles. The van der Waals surface area contributed by atoms with E-state index < -0.39 is 0 Å². The summed E-state index contributed by atoms with van der Waals surface area (Å²) in [6, 6.07) is 5.10. The molecule has 0 amide bonds. The van der Waals surface area contributed by atoms with E-state index in [-0.39, 0.29) is 5.82 Å². The molecule has 90 valence electrons. The highest BCUT2D eigenvalue weighted by Crippen LogP contribution is 2.29. The third-order valence-electron chi connectivity index (χ3n) is 2.56. The van der Waals surface area contributed by atoms with Gasteiger partial charge in [0.1, 0.15) is 5.82 Å². The van der Waals surface area contributed by atoms with Crippen LogP contribution in [0.25, 0.3) is 11.3 Å². The summed E-state index contributed by atoms with van der Waals surface area (Å²) in [6.45, 7) is 3.74. The van der Waals surface area contributed by atoms with Crippen molar-refractivity contribution in [3.05, 3.63) is 39.5 Å². The molecule has 0 saturated carbocycles. The lowest BCUT2D eigenvalue weighted by Crippen LogP contribution is -1.89. The molecule has 0 unspecified atom stereocenters. The number of halogens is 2. The Bertz CT molecular complexity index is 536. The summed E-state index contributed by atoms with van der Waals surface area (Å²) >= 11 is 7.43. The maximum Gasteiger partial charge on any atom is 0.126 e. The first-order valence-electron chi connectivity index (χ1n) is 5.40. The SMILES string of the molecule is Cc1nc(-c2ccc(F)c(C)c2)c(CCCl)s1. The summed E-state index contributed by atoms with van der Waals surface area (Å²) < 4.78 is 13.2. The first-order chi connectivity index (χ1) is 8.11. The van der Waals surface area contributed by atoms with Crippen molar-refractivity contribution < 1.29 is 4.39 Å². The van der Waals surface area contributed by atoms with Crippen LogP contribution in [-0.4, -0.2) is 10.9 Å². The largest absolute Gasteiger partial charge is 0.241 e. The Labute approximate surface area is 109 Å². The average Bonchev–Trinajstić information content (AvgIpc) is 2.64. The zero-order valence-corrected chi connectivity index (χ0v) is 11.3. The number of hydrogen-bond donors (Lipinski definition) is 0. The fourth-order valence-electron chi connectivity index (χ4n) is 1.74. The highest BCUT2D eigenvalue weighted by molar-refractivity contribution is 7.12. The van der Waals surface area contributed by atoms with E-state index in [1.54, 1.807) is 24.3 Å². The van der Waals surface area contributed by atoms with Crippen LogP contribution in [0.1, 0.15) is 15.4 Å². The Hall–Kier alpha value is -0.930. The van der Waals surface area contributed by atoms with Crippen LogP contribution in [0, 0.1) is 19.7 Å². The van der Waals surface area contributed by atoms with Crippen molar-refractivity contribution in [1.29, 1.82) is 0 Å². The second kappa shape index (κ2) is 5.15. The molecule has 2 rings (SSSR count). The molecule has 1 aromatic carbocycles. The van der Waals surface area contributed by atoms with E-state index in [1.165, 1.54) is 10.9 Å². The van der Waals surface area contributed by atoms with Gasteiger partial charge in [-0.2, -0.15) is 0 Å². The molecule has 0 atom stereocenters. The summed E-state index contributed by atoms with van der Waals surface area (Å²) in [6.07, 6.45) is 0.804. The van der Waals surface area contributed by atoms with E-state index in [1.807, 2.05) is 13.0 Å². The Balaban J connectivity index is 2.47. The first kappa shape index (κ1) is 12.5. The number of hydrogen-bond acceptors (Lipinski definition) is 2. The van der Waals surface area contributed by atoms with Crippen LogP contribution in [0.5, 0.6) is 0 Å². The minimum absolute atomic E-state index is 0.181. The third kappa shape index (κ3) is 2.67. The first-order valence-corrected chi connectivity index (χ1v) is 6.75. The number of nitrogens with zero attached hydrogens (tertiary/aromatic N) is 1. The maximum absolute atomic E-state index is 13.2. The molecule has 0 aliphatic carbocycles. The minimum Gasteiger partial charge on any atom is -0.241 e. The van der Waals surface area contributed by atoms with Crippen LogP contribution in [0.4, 0.5) is 4.39 Å². The van der Waals surface area contributed by atoms with Crippen molar-refractivity contribution >= 4 is 22.9 Å². The summed E-state index contributed by atoms with van der Waals surface area (Å²) in [4.78, 5) is 5.68. The average molecular weight is 270 g/mol. The molecule has 4 heteroatoms. The molecular formula is C13H13ClFNS. The van der Waals surface area contributed by atoms with Crippen molar-refractivity contribution in [2.75, 3.05) is 5.88 Å². The second-order valence-electron chi connectivity index (χ2n) is 3.91. The monoisotopic (exact) mass is 269 g/mol. The number of alkyl halides is 1. The lowest BCUT2D eigenvalue weighted by Gasteiger charge is -2.03. The molecular weight excluding hydrogens is 257 g/mol. The maximum atomic E-state index is 13.2. The Morgan fingerprint density at radius 2 is 2.12 bits per heavy atom. The number of benzene rings is 1. The number of thiazole rings is 1. The Morgan fingerprint density at radius 1 is 1.35 bits per heavy atom. The van der Waals surface area contributed by atoms with E-state index in [9.17, 15) is 4.39 Å². The zero-order valence-electron chi connectivity index (χ0n) is 9.76. The van der Waals surface area contributed by atoms with Crippen LogP contribution >= 0.6 is 22.9 Å². The standard InChI is InChI=1S/C13H13ClFNS/c1-8-7-10(3-4-11(8)15)13-12(5-6-14)17-9(2)16-13/h3-4,7H,5-6H2,1-2H3. The summed E-state index contributed by atoms with van der Waals surface area (Å²) in [5.41, 5.74) is 2.55. The van der Waals surface area contributed by atoms with Crippen molar-refractivity contribution in [3.63, 3.8) is 0 Å². The topological polar surface area (TPSA) is 12.9 Å². The molecule has 0 bridgehead atoms. The second-order valence-corrected chi connectivity index (χ2v) is 5.57. The van der Waals surface area contributed by atoms with Gasteiger partial charge in [-0.3, -0.25) is 0 Å². The predicted octanol–water partition coefficient (Wildman–Crippen LogP) is 4.35. The zero-order chi connectivity index (χ0) is 12.4. The fourth-order valence-corrected chi connectivity index (χ4v) is 3.00. The molecule has 0 aliphatic heterocycles. The van der Waals surface area contributed by atoms with Gasteiger partial charge in [0.05, 0.1) is 10.7 Å². The molecule has 0 saturated heterocycles. The minimum atomic E-state index is -0.181. The molecule has 0 N–H and O–H groups in total. The quantitative estimate of drug-likeness (QED) is 0.755. The van der Waals surface area contributed by atoms with Gasteiger partial charge in [-0.1, -0.05) is 0 Å². The van der Waals surface area contributed by atoms with Gasteiger partial charge in [-0.25, -0.2) is 9.37 Å². The molecule has 17 heavy (non-hydrogen) atoms. The number of aromatic nitrogens is 1. The summed E-state index contributed by atoms with van der Waals surface area (Å²) in [7, 11) is 0. The van der Waals surface area contributed by atoms with Gasteiger partial charge in [0, 0.05) is 16.3 Å². The molecule has 2 aromatic rings. The van der Waals surface area contributed by atoms with Crippen LogP contribution in [0.2, 0.25) is 0 Å². The lowest BCUT2D eigenvalue weighted by atomic mass is 10.1. The molecule has 0 radical (unpaired) electrons. The van der Waals surface area contributed by atoms with Crippen LogP contribution in [0.15, 0.2) is 18.2 Å². The van der Waals surface area contributed by atoms with Crippen molar-refractivity contribution in [2.45, 2.75) is 20.3 Å². The van der Waals surface area contributed by atoms with E-state index in [0.29, 0.717) is 11.4 Å². The van der Waals surface area contributed by atoms with Gasteiger partial charge in [-0.15, -0.1) is 22.9 Å². The van der Waals surface area contributed by atoms with Crippen LogP contribution in [-0.2, 0) is 6.42 Å². The third-order valence-corrected chi connectivity index (χ3v) is 3.78. The van der Waals surface area contributed by atoms with E-state index >= 15 is 0 Å².